The first-order valence-corrected chi connectivity index (χ1v) is 5.28. The van der Waals surface area contributed by atoms with Crippen LogP contribution in [-0.4, -0.2) is 22.2 Å². The van der Waals surface area contributed by atoms with E-state index in [9.17, 15) is 4.89 Å². The Morgan fingerprint density at radius 2 is 2.15 bits per heavy atom. The Hall–Kier alpha value is -0.940. The number of nitriles is 1. The van der Waals surface area contributed by atoms with Crippen LogP contribution in [0.15, 0.2) is 30.3 Å². The molecule has 3 nitrogen and oxygen atoms in total. The molecule has 0 bridgehead atoms. The molecule has 3 unspecified atom stereocenters. The van der Waals surface area contributed by atoms with Gasteiger partial charge in [0.25, 0.3) is 0 Å². The average Bonchev–Trinajstić information content (AvgIpc) is 2.97. The predicted octanol–water partition coefficient (Wildman–Crippen LogP) is 0.824. The molecule has 1 fully saturated rings. The van der Waals surface area contributed by atoms with Gasteiger partial charge in [-0.05, 0) is 0 Å². The van der Waals surface area contributed by atoms with Gasteiger partial charge < -0.3 is 4.89 Å². The molecule has 1 aliphatic heterocycles. The molecular formula is C9H9N2OP. The molecule has 13 heavy (non-hydrogen) atoms. The van der Waals surface area contributed by atoms with E-state index >= 15 is 0 Å². The summed E-state index contributed by atoms with van der Waals surface area (Å²) in [4.78, 5) is 9.80. The number of nitrogens with zero attached hydrogens (tertiary/aromatic N) is 2. The average molecular weight is 192 g/mol. The van der Waals surface area contributed by atoms with Crippen LogP contribution in [0.1, 0.15) is 0 Å². The van der Waals surface area contributed by atoms with Gasteiger partial charge in [0, 0.05) is 11.8 Å². The summed E-state index contributed by atoms with van der Waals surface area (Å²) in [7, 11) is -1.26. The molecule has 1 aliphatic rings. The number of benzene rings is 1. The summed E-state index contributed by atoms with van der Waals surface area (Å²) in [5.41, 5.74) is 0. The number of hydrogen-bond acceptors (Lipinski definition) is 3. The summed E-state index contributed by atoms with van der Waals surface area (Å²) in [6.45, 7) is 0.702. The predicted molar refractivity (Wildman–Crippen MR) is 51.3 cm³/mol. The highest BCUT2D eigenvalue weighted by Gasteiger charge is 2.40. The maximum atomic E-state index is 9.80. The van der Waals surface area contributed by atoms with Gasteiger partial charge in [-0.25, -0.2) is 4.67 Å². The lowest BCUT2D eigenvalue weighted by Crippen LogP contribution is -2.06. The van der Waals surface area contributed by atoms with Crippen LogP contribution in [-0.2, 0) is 0 Å². The van der Waals surface area contributed by atoms with Crippen molar-refractivity contribution < 1.29 is 4.89 Å². The second-order valence-corrected chi connectivity index (χ2v) is 4.50. The molecule has 0 radical (unpaired) electrons. The smallest absolute Gasteiger partial charge is 0.136 e. The fourth-order valence-electron chi connectivity index (χ4n) is 1.16. The highest BCUT2D eigenvalue weighted by molar-refractivity contribution is 7.57. The molecule has 0 spiro atoms. The summed E-state index contributed by atoms with van der Waals surface area (Å²) in [6, 6.07) is 11.5. The fraction of sp³-hybridized carbons (Fsp3) is 0.222. The lowest BCUT2D eigenvalue weighted by atomic mass is 10.4. The zero-order valence-corrected chi connectivity index (χ0v) is 7.85. The number of hydrogen-bond donors (Lipinski definition) is 1. The fourth-order valence-corrected chi connectivity index (χ4v) is 2.52. The molecule has 1 aromatic carbocycles. The zero-order chi connectivity index (χ0) is 9.26. The van der Waals surface area contributed by atoms with Crippen LogP contribution in [0.25, 0.3) is 0 Å². The second kappa shape index (κ2) is 3.43. The first-order valence-electron chi connectivity index (χ1n) is 4.03. The molecule has 4 heteroatoms. The standard InChI is InChI=1S/C9H9N2OP/c10-6-8-7-11(8)13(12)9-4-2-1-3-5-9/h1-5,8,12H,7H2. The molecule has 0 aliphatic carbocycles. The first kappa shape index (κ1) is 8.65. The maximum absolute atomic E-state index is 9.80. The van der Waals surface area contributed by atoms with Crippen LogP contribution < -0.4 is 5.30 Å². The minimum Gasteiger partial charge on any atom is -0.356 e. The summed E-state index contributed by atoms with van der Waals surface area (Å²) in [5, 5.41) is 9.49. The Morgan fingerprint density at radius 1 is 1.46 bits per heavy atom. The summed E-state index contributed by atoms with van der Waals surface area (Å²) in [6.07, 6.45) is 0. The van der Waals surface area contributed by atoms with E-state index in [0.29, 0.717) is 6.54 Å². The molecule has 0 saturated carbocycles. The van der Waals surface area contributed by atoms with Crippen molar-refractivity contribution in [3.05, 3.63) is 30.3 Å². The summed E-state index contributed by atoms with van der Waals surface area (Å²) in [5.74, 6) is 0. The van der Waals surface area contributed by atoms with Gasteiger partial charge >= 0.3 is 0 Å². The highest BCUT2D eigenvalue weighted by Crippen LogP contribution is 2.43. The largest absolute Gasteiger partial charge is 0.356 e. The van der Waals surface area contributed by atoms with Gasteiger partial charge in [-0.3, -0.25) is 0 Å². The van der Waals surface area contributed by atoms with E-state index in [2.05, 4.69) is 6.07 Å². The van der Waals surface area contributed by atoms with Gasteiger partial charge in [0.1, 0.15) is 14.3 Å². The third kappa shape index (κ3) is 1.71. The van der Waals surface area contributed by atoms with Crippen molar-refractivity contribution in [3.63, 3.8) is 0 Å². The Bertz CT molecular complexity index is 335. The van der Waals surface area contributed by atoms with Crippen LogP contribution in [0.3, 0.4) is 0 Å². The normalized spacial score (nSPS) is 27.7. The molecular weight excluding hydrogens is 183 g/mol. The van der Waals surface area contributed by atoms with Gasteiger partial charge in [0.2, 0.25) is 0 Å². The number of rotatable bonds is 2. The van der Waals surface area contributed by atoms with E-state index in [4.69, 9.17) is 5.26 Å². The summed E-state index contributed by atoms with van der Waals surface area (Å²) >= 11 is 0. The highest BCUT2D eigenvalue weighted by atomic mass is 31.2. The Morgan fingerprint density at radius 3 is 2.69 bits per heavy atom. The van der Waals surface area contributed by atoms with Crippen molar-refractivity contribution in [1.29, 1.82) is 5.26 Å². The molecule has 1 saturated heterocycles. The van der Waals surface area contributed by atoms with Gasteiger partial charge in [-0.15, -0.1) is 0 Å². The van der Waals surface area contributed by atoms with Crippen LogP contribution >= 0.6 is 8.30 Å². The van der Waals surface area contributed by atoms with Crippen LogP contribution in [0, 0.1) is 11.3 Å². The van der Waals surface area contributed by atoms with Crippen molar-refractivity contribution in [2.24, 2.45) is 0 Å². The topological polar surface area (TPSA) is 47.0 Å². The van der Waals surface area contributed by atoms with E-state index in [1.165, 1.54) is 0 Å². The van der Waals surface area contributed by atoms with E-state index in [1.54, 1.807) is 0 Å². The van der Waals surface area contributed by atoms with Crippen molar-refractivity contribution in [1.82, 2.24) is 4.67 Å². The molecule has 1 N–H and O–H groups in total. The maximum Gasteiger partial charge on any atom is 0.136 e. The van der Waals surface area contributed by atoms with Crippen LogP contribution in [0.4, 0.5) is 0 Å². The lowest BCUT2D eigenvalue weighted by Gasteiger charge is -2.09. The van der Waals surface area contributed by atoms with Gasteiger partial charge in [0.15, 0.2) is 0 Å². The second-order valence-electron chi connectivity index (χ2n) is 2.89. The van der Waals surface area contributed by atoms with Crippen molar-refractivity contribution in [3.8, 4) is 6.07 Å². The van der Waals surface area contributed by atoms with Gasteiger partial charge in [-0.1, -0.05) is 30.3 Å². The Labute approximate surface area is 78.1 Å². The molecule has 0 amide bonds. The Balaban J connectivity index is 2.08. The van der Waals surface area contributed by atoms with Crippen LogP contribution in [0.5, 0.6) is 0 Å². The molecule has 0 aromatic heterocycles. The minimum absolute atomic E-state index is 0.0729. The van der Waals surface area contributed by atoms with Gasteiger partial charge in [-0.2, -0.15) is 5.26 Å². The summed E-state index contributed by atoms with van der Waals surface area (Å²) < 4.78 is 1.81. The van der Waals surface area contributed by atoms with E-state index in [0.717, 1.165) is 5.30 Å². The molecule has 1 aromatic rings. The van der Waals surface area contributed by atoms with Crippen molar-refractivity contribution >= 4 is 13.6 Å². The molecule has 2 rings (SSSR count). The molecule has 66 valence electrons. The third-order valence-corrected chi connectivity index (χ3v) is 3.65. The molecule has 3 atom stereocenters. The van der Waals surface area contributed by atoms with E-state index < -0.39 is 8.30 Å². The van der Waals surface area contributed by atoms with Gasteiger partial charge in [0.05, 0.1) is 6.07 Å². The van der Waals surface area contributed by atoms with E-state index in [-0.39, 0.29) is 6.04 Å². The van der Waals surface area contributed by atoms with Crippen LogP contribution in [0.2, 0.25) is 0 Å². The first-order chi connectivity index (χ1) is 6.33. The minimum atomic E-state index is -1.26. The molecule has 1 heterocycles. The zero-order valence-electron chi connectivity index (χ0n) is 6.96. The van der Waals surface area contributed by atoms with Crippen molar-refractivity contribution in [2.75, 3.05) is 6.54 Å². The quantitative estimate of drug-likeness (QED) is 0.557. The third-order valence-electron chi connectivity index (χ3n) is 1.97. The Kier molecular flexibility index (Phi) is 2.28. The van der Waals surface area contributed by atoms with E-state index in [1.807, 2.05) is 35.0 Å². The SMILES string of the molecule is N#CC1CN1P(O)c1ccccc1. The monoisotopic (exact) mass is 192 g/mol. The van der Waals surface area contributed by atoms with Crippen molar-refractivity contribution in [2.45, 2.75) is 6.04 Å². The lowest BCUT2D eigenvalue weighted by molar-refractivity contribution is 0.589.